The van der Waals surface area contributed by atoms with Crippen LogP contribution >= 0.6 is 0 Å². The molecule has 0 saturated carbocycles. The summed E-state index contributed by atoms with van der Waals surface area (Å²) in [7, 11) is 3.31. The SMILES string of the molecule is CC1CCN(Cc2nnnn2CC(=O)NCc2ccc(C(=O)N(C)C)o2)CC1. The number of rotatable bonds is 7. The van der Waals surface area contributed by atoms with Gasteiger partial charge in [0.15, 0.2) is 11.6 Å². The lowest BCUT2D eigenvalue weighted by molar-refractivity contribution is -0.122. The van der Waals surface area contributed by atoms with E-state index < -0.39 is 0 Å². The molecule has 1 aliphatic rings. The van der Waals surface area contributed by atoms with Gasteiger partial charge in [-0.1, -0.05) is 6.92 Å². The second-order valence-corrected chi connectivity index (χ2v) is 7.45. The first kappa shape index (κ1) is 20.0. The largest absolute Gasteiger partial charge is 0.454 e. The molecule has 2 amide bonds. The Kier molecular flexibility index (Phi) is 6.40. The van der Waals surface area contributed by atoms with Gasteiger partial charge in [0, 0.05) is 14.1 Å². The van der Waals surface area contributed by atoms with Crippen molar-refractivity contribution >= 4 is 11.8 Å². The Morgan fingerprint density at radius 2 is 2.04 bits per heavy atom. The van der Waals surface area contributed by atoms with Gasteiger partial charge in [-0.25, -0.2) is 4.68 Å². The van der Waals surface area contributed by atoms with E-state index in [0.29, 0.717) is 18.1 Å². The first-order chi connectivity index (χ1) is 13.4. The van der Waals surface area contributed by atoms with Crippen molar-refractivity contribution in [3.63, 3.8) is 0 Å². The lowest BCUT2D eigenvalue weighted by Crippen LogP contribution is -2.34. The van der Waals surface area contributed by atoms with E-state index in [2.05, 4.69) is 32.7 Å². The number of likely N-dealkylation sites (tertiary alicyclic amines) is 1. The molecule has 10 nitrogen and oxygen atoms in total. The lowest BCUT2D eigenvalue weighted by Gasteiger charge is -2.29. The molecule has 0 aliphatic carbocycles. The van der Waals surface area contributed by atoms with Crippen LogP contribution < -0.4 is 5.32 Å². The lowest BCUT2D eigenvalue weighted by atomic mass is 9.99. The van der Waals surface area contributed by atoms with Crippen molar-refractivity contribution in [2.24, 2.45) is 5.92 Å². The summed E-state index contributed by atoms with van der Waals surface area (Å²) in [5.41, 5.74) is 0. The third-order valence-electron chi connectivity index (χ3n) is 4.88. The zero-order valence-corrected chi connectivity index (χ0v) is 16.6. The van der Waals surface area contributed by atoms with Gasteiger partial charge in [0.05, 0.1) is 13.1 Å². The molecular weight excluding hydrogens is 362 g/mol. The number of hydrogen-bond donors (Lipinski definition) is 1. The third-order valence-corrected chi connectivity index (χ3v) is 4.88. The number of carbonyl (C=O) groups is 2. The quantitative estimate of drug-likeness (QED) is 0.735. The highest BCUT2D eigenvalue weighted by atomic mass is 16.4. The Labute approximate surface area is 163 Å². The maximum Gasteiger partial charge on any atom is 0.289 e. The number of nitrogens with zero attached hydrogens (tertiary/aromatic N) is 6. The first-order valence-electron chi connectivity index (χ1n) is 9.47. The van der Waals surface area contributed by atoms with Gasteiger partial charge in [-0.2, -0.15) is 0 Å². The smallest absolute Gasteiger partial charge is 0.289 e. The minimum atomic E-state index is -0.224. The fraction of sp³-hybridized carbons (Fsp3) is 0.611. The third kappa shape index (κ3) is 5.16. The average Bonchev–Trinajstić information content (AvgIpc) is 3.31. The molecule has 1 saturated heterocycles. The summed E-state index contributed by atoms with van der Waals surface area (Å²) in [6, 6.07) is 3.28. The summed E-state index contributed by atoms with van der Waals surface area (Å²) >= 11 is 0. The van der Waals surface area contributed by atoms with Crippen LogP contribution in [-0.4, -0.2) is 69.0 Å². The molecule has 0 unspecified atom stereocenters. The summed E-state index contributed by atoms with van der Waals surface area (Å²) < 4.78 is 6.99. The highest BCUT2D eigenvalue weighted by Crippen LogP contribution is 2.17. The Hall–Kier alpha value is -2.75. The Morgan fingerprint density at radius 1 is 1.29 bits per heavy atom. The number of piperidine rings is 1. The first-order valence-corrected chi connectivity index (χ1v) is 9.47. The number of aromatic nitrogens is 4. The molecule has 1 fully saturated rings. The number of carbonyl (C=O) groups excluding carboxylic acids is 2. The Morgan fingerprint density at radius 3 is 2.75 bits per heavy atom. The molecule has 0 aromatic carbocycles. The highest BCUT2D eigenvalue weighted by molar-refractivity contribution is 5.91. The van der Waals surface area contributed by atoms with Crippen LogP contribution in [0.3, 0.4) is 0 Å². The molecule has 2 aromatic rings. The van der Waals surface area contributed by atoms with E-state index in [9.17, 15) is 9.59 Å². The van der Waals surface area contributed by atoms with Crippen molar-refractivity contribution in [1.29, 1.82) is 0 Å². The second-order valence-electron chi connectivity index (χ2n) is 7.45. The summed E-state index contributed by atoms with van der Waals surface area (Å²) in [6.45, 7) is 5.18. The molecule has 0 spiro atoms. The number of furan rings is 1. The monoisotopic (exact) mass is 389 g/mol. The van der Waals surface area contributed by atoms with Crippen molar-refractivity contribution in [2.45, 2.75) is 39.4 Å². The van der Waals surface area contributed by atoms with Crippen LogP contribution in [0.5, 0.6) is 0 Å². The van der Waals surface area contributed by atoms with Gasteiger partial charge in [-0.3, -0.25) is 14.5 Å². The van der Waals surface area contributed by atoms with Gasteiger partial charge >= 0.3 is 0 Å². The topological polar surface area (TPSA) is 109 Å². The molecule has 0 bridgehead atoms. The van der Waals surface area contributed by atoms with Gasteiger partial charge in [0.25, 0.3) is 5.91 Å². The summed E-state index contributed by atoms with van der Waals surface area (Å²) in [5, 5.41) is 14.5. The molecule has 152 valence electrons. The number of amides is 2. The molecule has 1 N–H and O–H groups in total. The minimum absolute atomic E-state index is 0.0385. The number of hydrogen-bond acceptors (Lipinski definition) is 7. The van der Waals surface area contributed by atoms with Gasteiger partial charge in [0.2, 0.25) is 5.91 Å². The zero-order chi connectivity index (χ0) is 20.1. The van der Waals surface area contributed by atoms with E-state index in [1.54, 1.807) is 26.2 Å². The van der Waals surface area contributed by atoms with Crippen molar-refractivity contribution in [3.05, 3.63) is 29.5 Å². The predicted octanol–water partition coefficient (Wildman–Crippen LogP) is 0.516. The summed E-state index contributed by atoms with van der Waals surface area (Å²) in [4.78, 5) is 27.8. The fourth-order valence-corrected chi connectivity index (χ4v) is 3.07. The van der Waals surface area contributed by atoms with Crippen LogP contribution in [0.4, 0.5) is 0 Å². The average molecular weight is 389 g/mol. The standard InChI is InChI=1S/C18H27N7O3/c1-13-6-8-24(9-7-13)11-16-20-21-22-25(16)12-17(26)19-10-14-4-5-15(28-14)18(27)23(2)3/h4-5,13H,6-12H2,1-3H3,(H,19,26). The van der Waals surface area contributed by atoms with Gasteiger partial charge < -0.3 is 14.6 Å². The van der Waals surface area contributed by atoms with Crippen LogP contribution in [0.15, 0.2) is 16.5 Å². The molecule has 2 aromatic heterocycles. The normalized spacial score (nSPS) is 15.5. The molecule has 10 heteroatoms. The Bertz CT molecular complexity index is 806. The predicted molar refractivity (Wildman–Crippen MR) is 100 cm³/mol. The maximum absolute atomic E-state index is 12.3. The van der Waals surface area contributed by atoms with Gasteiger partial charge in [0.1, 0.15) is 12.3 Å². The maximum atomic E-state index is 12.3. The molecule has 28 heavy (non-hydrogen) atoms. The van der Waals surface area contributed by atoms with E-state index in [-0.39, 0.29) is 30.7 Å². The molecule has 1 aliphatic heterocycles. The number of tetrazole rings is 1. The van der Waals surface area contributed by atoms with E-state index in [0.717, 1.165) is 19.0 Å². The van der Waals surface area contributed by atoms with Crippen LogP contribution in [0.2, 0.25) is 0 Å². The van der Waals surface area contributed by atoms with Crippen LogP contribution in [0, 0.1) is 5.92 Å². The van der Waals surface area contributed by atoms with Crippen LogP contribution in [0.25, 0.3) is 0 Å². The molecular formula is C18H27N7O3. The summed E-state index contributed by atoms with van der Waals surface area (Å²) in [5.74, 6) is 1.75. The van der Waals surface area contributed by atoms with Crippen molar-refractivity contribution in [2.75, 3.05) is 27.2 Å². The van der Waals surface area contributed by atoms with Gasteiger partial charge in [-0.15, -0.1) is 5.10 Å². The van der Waals surface area contributed by atoms with E-state index >= 15 is 0 Å². The fourth-order valence-electron chi connectivity index (χ4n) is 3.07. The second kappa shape index (κ2) is 8.96. The Balaban J connectivity index is 1.49. The highest BCUT2D eigenvalue weighted by Gasteiger charge is 2.19. The van der Waals surface area contributed by atoms with E-state index in [1.165, 1.54) is 22.4 Å². The molecule has 3 heterocycles. The molecule has 3 rings (SSSR count). The van der Waals surface area contributed by atoms with Crippen molar-refractivity contribution in [3.8, 4) is 0 Å². The van der Waals surface area contributed by atoms with Gasteiger partial charge in [-0.05, 0) is 54.4 Å². The minimum Gasteiger partial charge on any atom is -0.454 e. The summed E-state index contributed by atoms with van der Waals surface area (Å²) in [6.07, 6.45) is 2.34. The van der Waals surface area contributed by atoms with Crippen molar-refractivity contribution in [1.82, 2.24) is 35.3 Å². The van der Waals surface area contributed by atoms with E-state index in [1.807, 2.05) is 0 Å². The number of nitrogens with one attached hydrogen (secondary N) is 1. The van der Waals surface area contributed by atoms with Crippen molar-refractivity contribution < 1.29 is 14.0 Å². The zero-order valence-electron chi connectivity index (χ0n) is 16.6. The molecule has 0 radical (unpaired) electrons. The molecule has 0 atom stereocenters. The van der Waals surface area contributed by atoms with E-state index in [4.69, 9.17) is 4.42 Å². The van der Waals surface area contributed by atoms with Crippen LogP contribution in [0.1, 0.15) is 41.9 Å². The van der Waals surface area contributed by atoms with Crippen LogP contribution in [-0.2, 0) is 24.4 Å².